The van der Waals surface area contributed by atoms with Gasteiger partial charge in [-0.15, -0.1) is 0 Å². The predicted octanol–water partition coefficient (Wildman–Crippen LogP) is 3.31. The highest BCUT2D eigenvalue weighted by Crippen LogP contribution is 2.50. The Morgan fingerprint density at radius 1 is 1.04 bits per heavy atom. The third-order valence-electron chi connectivity index (χ3n) is 5.85. The van der Waals surface area contributed by atoms with Gasteiger partial charge in [-0.25, -0.2) is 0 Å². The molecule has 1 aromatic carbocycles. The van der Waals surface area contributed by atoms with Gasteiger partial charge in [0.2, 0.25) is 5.75 Å². The average molecular weight is 330 g/mol. The number of ether oxygens (including phenoxy) is 3. The second-order valence-electron chi connectivity index (χ2n) is 6.98. The van der Waals surface area contributed by atoms with E-state index in [1.807, 2.05) is 6.07 Å². The molecule has 1 unspecified atom stereocenters. The summed E-state index contributed by atoms with van der Waals surface area (Å²) in [6.07, 6.45) is 2.60. The molecule has 5 heteroatoms. The molecular formula is C19H26N2O3. The van der Waals surface area contributed by atoms with Crippen molar-refractivity contribution in [1.29, 1.82) is 0 Å². The first-order valence-corrected chi connectivity index (χ1v) is 8.71. The number of aromatic nitrogens is 1. The molecule has 1 aromatic heterocycles. The monoisotopic (exact) mass is 330 g/mol. The number of piperidine rings is 3. The van der Waals surface area contributed by atoms with Gasteiger partial charge in [0, 0.05) is 29.6 Å². The van der Waals surface area contributed by atoms with Crippen LogP contribution in [0.3, 0.4) is 0 Å². The zero-order chi connectivity index (χ0) is 16.8. The Morgan fingerprint density at radius 2 is 1.75 bits per heavy atom. The molecule has 1 atom stereocenters. The van der Waals surface area contributed by atoms with Gasteiger partial charge < -0.3 is 24.1 Å². The fourth-order valence-electron chi connectivity index (χ4n) is 4.73. The third-order valence-corrected chi connectivity index (χ3v) is 5.85. The molecule has 3 aliphatic heterocycles. The molecule has 2 bridgehead atoms. The van der Waals surface area contributed by atoms with Crippen LogP contribution in [0, 0.1) is 12.8 Å². The number of rotatable bonds is 4. The molecule has 3 saturated heterocycles. The Bertz CT molecular complexity index is 760. The number of nitrogens with zero attached hydrogens (tertiary/aromatic N) is 1. The van der Waals surface area contributed by atoms with Crippen LogP contribution in [0.5, 0.6) is 17.2 Å². The average Bonchev–Trinajstić information content (AvgIpc) is 2.96. The Morgan fingerprint density at radius 3 is 2.29 bits per heavy atom. The van der Waals surface area contributed by atoms with Gasteiger partial charge in [-0.05, 0) is 44.3 Å². The fraction of sp³-hybridized carbons (Fsp3) is 0.579. The molecule has 0 spiro atoms. The van der Waals surface area contributed by atoms with Crippen LogP contribution in [-0.2, 0) is 0 Å². The fourth-order valence-corrected chi connectivity index (χ4v) is 4.73. The number of aryl methyl sites for hydroxylation is 1. The van der Waals surface area contributed by atoms with Crippen molar-refractivity contribution in [1.82, 2.24) is 9.88 Å². The lowest BCUT2D eigenvalue weighted by Gasteiger charge is -2.45. The molecule has 0 saturated carbocycles. The summed E-state index contributed by atoms with van der Waals surface area (Å²) in [6.45, 7) is 5.81. The minimum absolute atomic E-state index is 0.563. The maximum absolute atomic E-state index is 5.78. The quantitative estimate of drug-likeness (QED) is 0.934. The molecule has 0 radical (unpaired) electrons. The van der Waals surface area contributed by atoms with Crippen molar-refractivity contribution in [2.75, 3.05) is 41.0 Å². The second-order valence-corrected chi connectivity index (χ2v) is 6.98. The summed E-state index contributed by atoms with van der Waals surface area (Å²) in [5.41, 5.74) is 3.70. The second kappa shape index (κ2) is 5.88. The van der Waals surface area contributed by atoms with Gasteiger partial charge in [-0.1, -0.05) is 0 Å². The summed E-state index contributed by atoms with van der Waals surface area (Å²) < 4.78 is 16.9. The van der Waals surface area contributed by atoms with Crippen LogP contribution in [0.15, 0.2) is 6.07 Å². The Labute approximate surface area is 142 Å². The molecule has 0 aliphatic carbocycles. The zero-order valence-corrected chi connectivity index (χ0v) is 14.9. The minimum atomic E-state index is 0.563. The molecule has 130 valence electrons. The van der Waals surface area contributed by atoms with E-state index in [0.29, 0.717) is 17.4 Å². The zero-order valence-electron chi connectivity index (χ0n) is 14.9. The standard InChI is InChI=1S/C19H26N2O3/c1-11-16(13-10-21-7-5-12(13)6-8-21)17-14(20-11)9-15(22-2)18(23-3)19(17)24-4/h9,12-13,20H,5-8,10H2,1-4H3. The van der Waals surface area contributed by atoms with E-state index in [1.54, 1.807) is 21.3 Å². The number of aromatic amines is 1. The van der Waals surface area contributed by atoms with Crippen molar-refractivity contribution in [3.63, 3.8) is 0 Å². The van der Waals surface area contributed by atoms with Crippen LogP contribution < -0.4 is 14.2 Å². The summed E-state index contributed by atoms with van der Waals surface area (Å²) in [6, 6.07) is 2.02. The Balaban J connectivity index is 1.94. The van der Waals surface area contributed by atoms with Crippen molar-refractivity contribution in [2.45, 2.75) is 25.7 Å². The number of fused-ring (bicyclic) bond motifs is 4. The van der Waals surface area contributed by atoms with Gasteiger partial charge in [-0.2, -0.15) is 0 Å². The molecule has 5 rings (SSSR count). The summed E-state index contributed by atoms with van der Waals surface area (Å²) in [5, 5.41) is 1.16. The normalized spacial score (nSPS) is 25.9. The van der Waals surface area contributed by atoms with Crippen LogP contribution in [0.2, 0.25) is 0 Å². The number of H-pyrrole nitrogens is 1. The van der Waals surface area contributed by atoms with E-state index in [-0.39, 0.29) is 0 Å². The molecule has 2 aromatic rings. The smallest absolute Gasteiger partial charge is 0.204 e. The van der Waals surface area contributed by atoms with Gasteiger partial charge in [-0.3, -0.25) is 0 Å². The molecule has 4 heterocycles. The van der Waals surface area contributed by atoms with E-state index >= 15 is 0 Å². The van der Waals surface area contributed by atoms with Crippen LogP contribution in [0.1, 0.15) is 30.0 Å². The summed E-state index contributed by atoms with van der Waals surface area (Å²) in [7, 11) is 5.03. The molecular weight excluding hydrogens is 304 g/mol. The SMILES string of the molecule is COc1cc2[nH]c(C)c(C3CN4CCC3CC4)c2c(OC)c1OC. The van der Waals surface area contributed by atoms with E-state index in [1.165, 1.54) is 37.2 Å². The number of methoxy groups -OCH3 is 3. The first-order valence-electron chi connectivity index (χ1n) is 8.71. The Hall–Kier alpha value is -1.88. The highest BCUT2D eigenvalue weighted by molar-refractivity contribution is 5.95. The maximum Gasteiger partial charge on any atom is 0.204 e. The molecule has 5 nitrogen and oxygen atoms in total. The molecule has 3 fully saturated rings. The van der Waals surface area contributed by atoms with Crippen LogP contribution in [-0.4, -0.2) is 50.8 Å². The number of hydrogen-bond acceptors (Lipinski definition) is 4. The largest absolute Gasteiger partial charge is 0.493 e. The van der Waals surface area contributed by atoms with Crippen LogP contribution >= 0.6 is 0 Å². The van der Waals surface area contributed by atoms with Crippen LogP contribution in [0.25, 0.3) is 10.9 Å². The Kier molecular flexibility index (Phi) is 3.83. The molecule has 1 N–H and O–H groups in total. The van der Waals surface area contributed by atoms with Gasteiger partial charge in [0.25, 0.3) is 0 Å². The summed E-state index contributed by atoms with van der Waals surface area (Å²) >= 11 is 0. The first-order chi connectivity index (χ1) is 11.7. The highest BCUT2D eigenvalue weighted by Gasteiger charge is 2.38. The topological polar surface area (TPSA) is 46.7 Å². The van der Waals surface area contributed by atoms with Crippen molar-refractivity contribution >= 4 is 10.9 Å². The third kappa shape index (κ3) is 2.18. The highest BCUT2D eigenvalue weighted by atomic mass is 16.5. The van der Waals surface area contributed by atoms with Crippen molar-refractivity contribution in [2.24, 2.45) is 5.92 Å². The van der Waals surface area contributed by atoms with Gasteiger partial charge in [0.1, 0.15) is 0 Å². The van der Waals surface area contributed by atoms with E-state index in [9.17, 15) is 0 Å². The summed E-state index contributed by atoms with van der Waals surface area (Å²) in [4.78, 5) is 6.14. The lowest BCUT2D eigenvalue weighted by atomic mass is 9.74. The van der Waals surface area contributed by atoms with Gasteiger partial charge in [0.15, 0.2) is 11.5 Å². The molecule has 3 aliphatic rings. The van der Waals surface area contributed by atoms with Crippen LogP contribution in [0.4, 0.5) is 0 Å². The van der Waals surface area contributed by atoms with Crippen molar-refractivity contribution in [3.05, 3.63) is 17.3 Å². The number of benzene rings is 1. The van der Waals surface area contributed by atoms with Gasteiger partial charge in [0.05, 0.1) is 26.8 Å². The lowest BCUT2D eigenvalue weighted by Crippen LogP contribution is -2.46. The minimum Gasteiger partial charge on any atom is -0.493 e. The first kappa shape index (κ1) is 15.6. The maximum atomic E-state index is 5.78. The van der Waals surface area contributed by atoms with Crippen molar-refractivity contribution in [3.8, 4) is 17.2 Å². The van der Waals surface area contributed by atoms with E-state index in [0.717, 1.165) is 29.1 Å². The molecule has 24 heavy (non-hydrogen) atoms. The van der Waals surface area contributed by atoms with E-state index in [2.05, 4.69) is 16.8 Å². The number of nitrogens with one attached hydrogen (secondary N) is 1. The van der Waals surface area contributed by atoms with E-state index < -0.39 is 0 Å². The molecule has 0 amide bonds. The van der Waals surface area contributed by atoms with Gasteiger partial charge >= 0.3 is 0 Å². The predicted molar refractivity (Wildman–Crippen MR) is 94.6 cm³/mol. The van der Waals surface area contributed by atoms with Crippen molar-refractivity contribution < 1.29 is 14.2 Å². The van der Waals surface area contributed by atoms with E-state index in [4.69, 9.17) is 14.2 Å². The lowest BCUT2D eigenvalue weighted by molar-refractivity contribution is 0.0873. The summed E-state index contributed by atoms with van der Waals surface area (Å²) in [5.74, 6) is 3.49. The number of hydrogen-bond donors (Lipinski definition) is 1.